The molecule has 5 heteroatoms. The van der Waals surface area contributed by atoms with Crippen LogP contribution in [0.3, 0.4) is 0 Å². The number of hydrogen-bond acceptors (Lipinski definition) is 4. The molecular weight excluding hydrogens is 268 g/mol. The maximum Gasteiger partial charge on any atom is 0.260 e. The van der Waals surface area contributed by atoms with Crippen molar-refractivity contribution in [1.29, 1.82) is 0 Å². The number of carbonyl (C=O) groups is 1. The molecule has 0 aliphatic heterocycles. The molecule has 1 aromatic carbocycles. The highest BCUT2D eigenvalue weighted by Gasteiger charge is 2.14. The van der Waals surface area contributed by atoms with Gasteiger partial charge in [-0.3, -0.25) is 4.79 Å². The minimum absolute atomic E-state index is 0.141. The van der Waals surface area contributed by atoms with Gasteiger partial charge in [0.2, 0.25) is 0 Å². The lowest BCUT2D eigenvalue weighted by Crippen LogP contribution is -2.37. The van der Waals surface area contributed by atoms with E-state index < -0.39 is 6.10 Å². The van der Waals surface area contributed by atoms with E-state index in [2.05, 4.69) is 17.6 Å². The molecule has 2 unspecified atom stereocenters. The van der Waals surface area contributed by atoms with Gasteiger partial charge >= 0.3 is 0 Å². The zero-order valence-electron chi connectivity index (χ0n) is 13.3. The van der Waals surface area contributed by atoms with Crippen molar-refractivity contribution in [1.82, 2.24) is 10.6 Å². The highest BCUT2D eigenvalue weighted by atomic mass is 16.5. The summed E-state index contributed by atoms with van der Waals surface area (Å²) in [5.74, 6) is 0.553. The molecule has 0 heterocycles. The van der Waals surface area contributed by atoms with Crippen LogP contribution in [0.4, 0.5) is 0 Å². The first kappa shape index (κ1) is 17.5. The number of amides is 1. The van der Waals surface area contributed by atoms with Crippen LogP contribution in [0, 0.1) is 0 Å². The van der Waals surface area contributed by atoms with E-state index in [1.807, 2.05) is 31.3 Å². The average molecular weight is 294 g/mol. The lowest BCUT2D eigenvalue weighted by molar-refractivity contribution is -0.127. The molecule has 1 rings (SSSR count). The van der Waals surface area contributed by atoms with Crippen molar-refractivity contribution in [3.05, 3.63) is 29.8 Å². The van der Waals surface area contributed by atoms with E-state index in [1.54, 1.807) is 14.0 Å². The van der Waals surface area contributed by atoms with Crippen molar-refractivity contribution in [3.63, 3.8) is 0 Å². The topological polar surface area (TPSA) is 59.6 Å². The zero-order valence-corrected chi connectivity index (χ0v) is 13.3. The summed E-state index contributed by atoms with van der Waals surface area (Å²) in [5, 5.41) is 6.01. The third-order valence-electron chi connectivity index (χ3n) is 3.33. The fourth-order valence-electron chi connectivity index (χ4n) is 2.06. The Morgan fingerprint density at radius 1 is 1.29 bits per heavy atom. The Kier molecular flexibility index (Phi) is 7.79. The molecule has 0 saturated carbocycles. The summed E-state index contributed by atoms with van der Waals surface area (Å²) in [6, 6.07) is 8.18. The van der Waals surface area contributed by atoms with Crippen molar-refractivity contribution >= 4 is 5.91 Å². The quantitative estimate of drug-likeness (QED) is 0.683. The number of methoxy groups -OCH3 is 1. The lowest BCUT2D eigenvalue weighted by Gasteiger charge is -2.17. The second kappa shape index (κ2) is 9.37. The van der Waals surface area contributed by atoms with Gasteiger partial charge in [0, 0.05) is 19.7 Å². The Morgan fingerprint density at radius 2 is 1.95 bits per heavy atom. The number of hydrogen-bond donors (Lipinski definition) is 2. The van der Waals surface area contributed by atoms with E-state index in [4.69, 9.17) is 9.47 Å². The predicted octanol–water partition coefficient (Wildman–Crippen LogP) is 1.89. The van der Waals surface area contributed by atoms with Gasteiger partial charge in [0.1, 0.15) is 5.75 Å². The van der Waals surface area contributed by atoms with Crippen LogP contribution in [0.5, 0.6) is 5.75 Å². The highest BCUT2D eigenvalue weighted by Crippen LogP contribution is 2.20. The van der Waals surface area contributed by atoms with Gasteiger partial charge in [-0.05, 0) is 38.1 Å². The van der Waals surface area contributed by atoms with Crippen LogP contribution in [0.2, 0.25) is 0 Å². The molecule has 1 aromatic rings. The number of nitrogens with one attached hydrogen (secondary N) is 2. The van der Waals surface area contributed by atoms with Crippen molar-refractivity contribution in [2.24, 2.45) is 0 Å². The SMILES string of the molecule is CCC(NC)c1ccc(OC(C)C(=O)NCCOC)cc1. The molecule has 0 aromatic heterocycles. The van der Waals surface area contributed by atoms with E-state index in [1.165, 1.54) is 5.56 Å². The first-order valence-electron chi connectivity index (χ1n) is 7.32. The highest BCUT2D eigenvalue weighted by molar-refractivity contribution is 5.80. The molecule has 0 aliphatic carbocycles. The number of carbonyl (C=O) groups excluding carboxylic acids is 1. The maximum atomic E-state index is 11.8. The van der Waals surface area contributed by atoms with Crippen LogP contribution in [0.25, 0.3) is 0 Å². The maximum absolute atomic E-state index is 11.8. The summed E-state index contributed by atoms with van der Waals surface area (Å²) in [5.41, 5.74) is 1.21. The van der Waals surface area contributed by atoms with Crippen molar-refractivity contribution < 1.29 is 14.3 Å². The molecule has 118 valence electrons. The molecule has 21 heavy (non-hydrogen) atoms. The first-order valence-corrected chi connectivity index (χ1v) is 7.32. The third-order valence-corrected chi connectivity index (χ3v) is 3.33. The van der Waals surface area contributed by atoms with Crippen molar-refractivity contribution in [2.45, 2.75) is 32.4 Å². The van der Waals surface area contributed by atoms with Gasteiger partial charge in [-0.25, -0.2) is 0 Å². The Labute approximate surface area is 127 Å². The number of rotatable bonds is 9. The minimum atomic E-state index is -0.529. The first-order chi connectivity index (χ1) is 10.1. The Morgan fingerprint density at radius 3 is 2.48 bits per heavy atom. The fraction of sp³-hybridized carbons (Fsp3) is 0.562. The van der Waals surface area contributed by atoms with Crippen LogP contribution in [0.1, 0.15) is 31.9 Å². The van der Waals surface area contributed by atoms with Crippen LogP contribution in [0.15, 0.2) is 24.3 Å². The normalized spacial score (nSPS) is 13.5. The second-order valence-electron chi connectivity index (χ2n) is 4.86. The lowest BCUT2D eigenvalue weighted by atomic mass is 10.0. The number of ether oxygens (including phenoxy) is 2. The van der Waals surface area contributed by atoms with Gasteiger partial charge in [0.15, 0.2) is 6.10 Å². The summed E-state index contributed by atoms with van der Waals surface area (Å²) in [7, 11) is 3.55. The smallest absolute Gasteiger partial charge is 0.260 e. The molecule has 5 nitrogen and oxygen atoms in total. The monoisotopic (exact) mass is 294 g/mol. The van der Waals surface area contributed by atoms with Gasteiger partial charge in [-0.1, -0.05) is 19.1 Å². The molecule has 0 radical (unpaired) electrons. The van der Waals surface area contributed by atoms with Crippen LogP contribution in [-0.2, 0) is 9.53 Å². The van der Waals surface area contributed by atoms with E-state index >= 15 is 0 Å². The van der Waals surface area contributed by atoms with Crippen LogP contribution in [-0.4, -0.2) is 39.3 Å². The molecule has 0 bridgehead atoms. The minimum Gasteiger partial charge on any atom is -0.481 e. The Balaban J connectivity index is 2.52. The molecule has 0 spiro atoms. The summed E-state index contributed by atoms with van der Waals surface area (Å²) < 4.78 is 10.5. The van der Waals surface area contributed by atoms with Gasteiger partial charge in [0.25, 0.3) is 5.91 Å². The van der Waals surface area contributed by atoms with E-state index in [-0.39, 0.29) is 5.91 Å². The summed E-state index contributed by atoms with van der Waals surface area (Å²) in [6.45, 7) is 4.86. The third kappa shape index (κ3) is 5.73. The van der Waals surface area contributed by atoms with Crippen LogP contribution < -0.4 is 15.4 Å². The van der Waals surface area contributed by atoms with Crippen LogP contribution >= 0.6 is 0 Å². The molecule has 0 saturated heterocycles. The van der Waals surface area contributed by atoms with Gasteiger partial charge in [-0.15, -0.1) is 0 Å². The van der Waals surface area contributed by atoms with Gasteiger partial charge < -0.3 is 20.1 Å². The summed E-state index contributed by atoms with van der Waals surface area (Å²) >= 11 is 0. The van der Waals surface area contributed by atoms with Crippen molar-refractivity contribution in [3.8, 4) is 5.75 Å². The van der Waals surface area contributed by atoms with Gasteiger partial charge in [0.05, 0.1) is 6.61 Å². The number of benzene rings is 1. The largest absolute Gasteiger partial charge is 0.481 e. The van der Waals surface area contributed by atoms with Gasteiger partial charge in [-0.2, -0.15) is 0 Å². The standard InChI is InChI=1S/C16H26N2O3/c1-5-15(17-3)13-6-8-14(9-7-13)21-12(2)16(19)18-10-11-20-4/h6-9,12,15,17H,5,10-11H2,1-4H3,(H,18,19). The van der Waals surface area contributed by atoms with E-state index in [9.17, 15) is 4.79 Å². The summed E-state index contributed by atoms with van der Waals surface area (Å²) in [4.78, 5) is 11.8. The molecular formula is C16H26N2O3. The fourth-order valence-corrected chi connectivity index (χ4v) is 2.06. The molecule has 0 fully saturated rings. The predicted molar refractivity (Wildman–Crippen MR) is 83.5 cm³/mol. The Hall–Kier alpha value is -1.59. The Bertz CT molecular complexity index is 416. The van der Waals surface area contributed by atoms with E-state index in [0.29, 0.717) is 24.9 Å². The molecule has 2 atom stereocenters. The molecule has 0 aliphatic rings. The summed E-state index contributed by atoms with van der Waals surface area (Å²) in [6.07, 6.45) is 0.494. The second-order valence-corrected chi connectivity index (χ2v) is 4.86. The average Bonchev–Trinajstić information content (AvgIpc) is 2.50. The zero-order chi connectivity index (χ0) is 15.7. The molecule has 2 N–H and O–H groups in total. The van der Waals surface area contributed by atoms with E-state index in [0.717, 1.165) is 6.42 Å². The van der Waals surface area contributed by atoms with Crippen molar-refractivity contribution in [2.75, 3.05) is 27.3 Å². The molecule has 1 amide bonds.